The highest BCUT2D eigenvalue weighted by molar-refractivity contribution is 5.96. The summed E-state index contributed by atoms with van der Waals surface area (Å²) >= 11 is 0. The molecule has 0 radical (unpaired) electrons. The van der Waals surface area contributed by atoms with Crippen molar-refractivity contribution in [3.05, 3.63) is 35.4 Å². The van der Waals surface area contributed by atoms with Crippen LogP contribution < -0.4 is 0 Å². The minimum atomic E-state index is -1.14. The van der Waals surface area contributed by atoms with Gasteiger partial charge in [0.05, 0.1) is 11.1 Å². The molecule has 7 nitrogen and oxygen atoms in total. The van der Waals surface area contributed by atoms with Gasteiger partial charge in [-0.05, 0) is 44.6 Å². The largest absolute Gasteiger partial charge is 0.478 e. The number of piperidine rings is 1. The van der Waals surface area contributed by atoms with Crippen molar-refractivity contribution in [2.45, 2.75) is 25.7 Å². The zero-order valence-corrected chi connectivity index (χ0v) is 12.9. The smallest absolute Gasteiger partial charge is 0.356 e. The van der Waals surface area contributed by atoms with Crippen molar-refractivity contribution in [1.82, 2.24) is 14.3 Å². The minimum absolute atomic E-state index is 0.0623. The number of carboxylic acid groups (broad SMARTS) is 2. The molecule has 0 aromatic carbocycles. The second-order valence-corrected chi connectivity index (χ2v) is 5.81. The van der Waals surface area contributed by atoms with Crippen LogP contribution in [0.5, 0.6) is 0 Å². The molecular weight excluding hydrogens is 298 g/mol. The molecule has 2 N–H and O–H groups in total. The van der Waals surface area contributed by atoms with E-state index in [1.807, 2.05) is 0 Å². The van der Waals surface area contributed by atoms with Crippen molar-refractivity contribution >= 4 is 17.5 Å². The Balaban J connectivity index is 2.04. The number of likely N-dealkylation sites (tertiary alicyclic amines) is 1. The molecule has 2 aromatic heterocycles. The standard InChI is InChI=1S/C16H19N3O4/c1-2-18-6-3-10(4-7-18)14-17-13(16(22)23)12-9-11(15(20)21)5-8-19(12)14/h5,8-10H,2-4,6-7H2,1H3,(H,20,21)(H,22,23). The fourth-order valence-corrected chi connectivity index (χ4v) is 3.19. The third-order valence-electron chi connectivity index (χ3n) is 4.52. The lowest BCUT2D eigenvalue weighted by Crippen LogP contribution is -2.33. The fourth-order valence-electron chi connectivity index (χ4n) is 3.19. The molecule has 3 rings (SSSR count). The van der Waals surface area contributed by atoms with Crippen molar-refractivity contribution in [2.24, 2.45) is 0 Å². The predicted octanol–water partition coefficient (Wildman–Crippen LogP) is 1.93. The van der Waals surface area contributed by atoms with E-state index in [0.29, 0.717) is 11.3 Å². The molecule has 2 aromatic rings. The molecule has 1 aliphatic heterocycles. The maximum atomic E-state index is 11.5. The Morgan fingerprint density at radius 3 is 2.52 bits per heavy atom. The van der Waals surface area contributed by atoms with Crippen LogP contribution in [-0.4, -0.2) is 56.1 Å². The molecule has 0 saturated carbocycles. The SMILES string of the molecule is CCN1CCC(c2nc(C(=O)O)c3cc(C(=O)O)ccn23)CC1. The molecule has 1 saturated heterocycles. The number of aromatic carboxylic acids is 2. The average Bonchev–Trinajstić information content (AvgIpc) is 2.94. The molecule has 0 spiro atoms. The van der Waals surface area contributed by atoms with E-state index in [1.165, 1.54) is 12.1 Å². The van der Waals surface area contributed by atoms with E-state index in [0.717, 1.165) is 32.5 Å². The summed E-state index contributed by atoms with van der Waals surface area (Å²) in [5.41, 5.74) is 0.318. The van der Waals surface area contributed by atoms with Gasteiger partial charge in [0, 0.05) is 12.1 Å². The first-order chi connectivity index (χ1) is 11.0. The summed E-state index contributed by atoms with van der Waals surface area (Å²) < 4.78 is 1.72. The molecule has 7 heteroatoms. The number of pyridine rings is 1. The number of imidazole rings is 1. The van der Waals surface area contributed by atoms with Crippen molar-refractivity contribution in [1.29, 1.82) is 0 Å². The Bertz CT molecular complexity index is 760. The van der Waals surface area contributed by atoms with Crippen molar-refractivity contribution < 1.29 is 19.8 Å². The van der Waals surface area contributed by atoms with Crippen LogP contribution >= 0.6 is 0 Å². The number of fused-ring (bicyclic) bond motifs is 1. The molecule has 0 atom stereocenters. The molecule has 23 heavy (non-hydrogen) atoms. The van der Waals surface area contributed by atoms with Crippen LogP contribution in [0, 0.1) is 0 Å². The van der Waals surface area contributed by atoms with Gasteiger partial charge in [-0.25, -0.2) is 14.6 Å². The lowest BCUT2D eigenvalue weighted by molar-refractivity contribution is 0.0682. The van der Waals surface area contributed by atoms with Gasteiger partial charge in [-0.1, -0.05) is 6.92 Å². The molecule has 0 unspecified atom stereocenters. The molecule has 0 bridgehead atoms. The van der Waals surface area contributed by atoms with E-state index in [-0.39, 0.29) is 17.2 Å². The van der Waals surface area contributed by atoms with Crippen LogP contribution in [0.25, 0.3) is 5.52 Å². The lowest BCUT2D eigenvalue weighted by atomic mass is 9.96. The summed E-state index contributed by atoms with van der Waals surface area (Å²) in [5.74, 6) is -1.32. The Hall–Kier alpha value is -2.41. The van der Waals surface area contributed by atoms with Crippen LogP contribution in [-0.2, 0) is 0 Å². The highest BCUT2D eigenvalue weighted by atomic mass is 16.4. The highest BCUT2D eigenvalue weighted by Gasteiger charge is 2.26. The van der Waals surface area contributed by atoms with Gasteiger partial charge in [0.15, 0.2) is 5.69 Å². The minimum Gasteiger partial charge on any atom is -0.478 e. The van der Waals surface area contributed by atoms with Gasteiger partial charge < -0.3 is 19.5 Å². The maximum absolute atomic E-state index is 11.5. The Morgan fingerprint density at radius 2 is 1.96 bits per heavy atom. The summed E-state index contributed by atoms with van der Waals surface area (Å²) in [4.78, 5) is 29.2. The van der Waals surface area contributed by atoms with Crippen LogP contribution in [0.15, 0.2) is 18.3 Å². The van der Waals surface area contributed by atoms with E-state index < -0.39 is 11.9 Å². The first-order valence-electron chi connectivity index (χ1n) is 7.72. The topological polar surface area (TPSA) is 95.1 Å². The third kappa shape index (κ3) is 2.79. The Morgan fingerprint density at radius 1 is 1.26 bits per heavy atom. The Labute approximate surface area is 133 Å². The van der Waals surface area contributed by atoms with Crippen molar-refractivity contribution in [3.63, 3.8) is 0 Å². The number of nitrogens with zero attached hydrogens (tertiary/aromatic N) is 3. The third-order valence-corrected chi connectivity index (χ3v) is 4.52. The van der Waals surface area contributed by atoms with E-state index in [2.05, 4.69) is 16.8 Å². The van der Waals surface area contributed by atoms with Gasteiger partial charge in [0.1, 0.15) is 5.82 Å². The van der Waals surface area contributed by atoms with Gasteiger partial charge in [-0.2, -0.15) is 0 Å². The number of carboxylic acids is 2. The van der Waals surface area contributed by atoms with Gasteiger partial charge in [0.25, 0.3) is 0 Å². The van der Waals surface area contributed by atoms with Gasteiger partial charge in [-0.3, -0.25) is 0 Å². The molecule has 122 valence electrons. The molecular formula is C16H19N3O4. The summed E-state index contributed by atoms with van der Waals surface area (Å²) in [6, 6.07) is 2.86. The summed E-state index contributed by atoms with van der Waals surface area (Å²) in [7, 11) is 0. The molecule has 1 fully saturated rings. The number of rotatable bonds is 4. The zero-order chi connectivity index (χ0) is 16.6. The van der Waals surface area contributed by atoms with Gasteiger partial charge >= 0.3 is 11.9 Å². The highest BCUT2D eigenvalue weighted by Crippen LogP contribution is 2.29. The predicted molar refractivity (Wildman–Crippen MR) is 83.2 cm³/mol. The second-order valence-electron chi connectivity index (χ2n) is 5.81. The summed E-state index contributed by atoms with van der Waals surface area (Å²) in [6.07, 6.45) is 3.46. The van der Waals surface area contributed by atoms with Crippen LogP contribution in [0.1, 0.15) is 52.4 Å². The van der Waals surface area contributed by atoms with E-state index in [4.69, 9.17) is 5.11 Å². The normalized spacial score (nSPS) is 16.7. The molecule has 0 amide bonds. The molecule has 3 heterocycles. The van der Waals surface area contributed by atoms with Crippen LogP contribution in [0.2, 0.25) is 0 Å². The second kappa shape index (κ2) is 6.00. The van der Waals surface area contributed by atoms with E-state index in [9.17, 15) is 14.7 Å². The quantitative estimate of drug-likeness (QED) is 0.894. The summed E-state index contributed by atoms with van der Waals surface area (Å²) in [6.45, 7) is 5.07. The zero-order valence-electron chi connectivity index (χ0n) is 12.9. The number of aromatic nitrogens is 2. The first kappa shape index (κ1) is 15.5. The Kier molecular flexibility index (Phi) is 4.04. The number of hydrogen-bond donors (Lipinski definition) is 2. The number of carbonyl (C=O) groups is 2. The number of hydrogen-bond acceptors (Lipinski definition) is 4. The fraction of sp³-hybridized carbons (Fsp3) is 0.438. The van der Waals surface area contributed by atoms with Crippen molar-refractivity contribution in [2.75, 3.05) is 19.6 Å². The maximum Gasteiger partial charge on any atom is 0.356 e. The van der Waals surface area contributed by atoms with Crippen LogP contribution in [0.4, 0.5) is 0 Å². The van der Waals surface area contributed by atoms with E-state index in [1.54, 1.807) is 10.6 Å². The van der Waals surface area contributed by atoms with Crippen LogP contribution in [0.3, 0.4) is 0 Å². The van der Waals surface area contributed by atoms with Gasteiger partial charge in [0.2, 0.25) is 0 Å². The molecule has 1 aliphatic rings. The molecule has 0 aliphatic carbocycles. The monoisotopic (exact) mass is 317 g/mol. The van der Waals surface area contributed by atoms with E-state index >= 15 is 0 Å². The first-order valence-corrected chi connectivity index (χ1v) is 7.72. The lowest BCUT2D eigenvalue weighted by Gasteiger charge is -2.30. The van der Waals surface area contributed by atoms with Crippen molar-refractivity contribution in [3.8, 4) is 0 Å². The van der Waals surface area contributed by atoms with Gasteiger partial charge in [-0.15, -0.1) is 0 Å². The summed E-state index contributed by atoms with van der Waals surface area (Å²) in [5, 5.41) is 18.5. The average molecular weight is 317 g/mol.